The molecule has 8 heteroatoms. The van der Waals surface area contributed by atoms with E-state index in [1.54, 1.807) is 0 Å². The van der Waals surface area contributed by atoms with Crippen LogP contribution in [0.5, 0.6) is 5.75 Å². The zero-order valence-electron chi connectivity index (χ0n) is 16.7. The lowest BCUT2D eigenvalue weighted by Crippen LogP contribution is -2.68. The molecular weight excluding hydrogens is 396 g/mol. The van der Waals surface area contributed by atoms with E-state index in [1.807, 2.05) is 12.1 Å². The highest BCUT2D eigenvalue weighted by Gasteiger charge is 2.29. The summed E-state index contributed by atoms with van der Waals surface area (Å²) in [5, 5.41) is 0. The number of benzene rings is 2. The Hall–Kier alpha value is -2.42. The molecule has 1 aromatic heterocycles. The summed E-state index contributed by atoms with van der Waals surface area (Å²) < 4.78 is 44.6. The first-order chi connectivity index (χ1) is 13.7. The Labute approximate surface area is 172 Å². The minimum atomic E-state index is -4.94. The Morgan fingerprint density at radius 3 is 1.86 bits per heavy atom. The Bertz CT molecular complexity index is 824. The van der Waals surface area contributed by atoms with E-state index in [2.05, 4.69) is 78.9 Å². The van der Waals surface area contributed by atoms with Gasteiger partial charge in [0.2, 0.25) is 5.75 Å². The predicted octanol–water partition coefficient (Wildman–Crippen LogP) is -0.393. The standard InChI is InChI=1S/C21H25N2O.ClHO4/c1-4-5-16-24-21-19(17-12-8-6-9-13-17)22(2)23(3)20(21)18-14-10-7-11-15-18;2-1(3,4)5/h6-15H,4-5,16H2,1-3H3;(H,2,3,4,5)/q+1;/p-1. The monoisotopic (exact) mass is 420 g/mol. The van der Waals surface area contributed by atoms with E-state index in [-0.39, 0.29) is 0 Å². The molecule has 0 saturated heterocycles. The molecule has 0 aliphatic carbocycles. The summed E-state index contributed by atoms with van der Waals surface area (Å²) in [7, 11) is -0.775. The van der Waals surface area contributed by atoms with Gasteiger partial charge in [-0.3, -0.25) is 0 Å². The summed E-state index contributed by atoms with van der Waals surface area (Å²) in [5.74, 6) is 0.964. The van der Waals surface area contributed by atoms with Gasteiger partial charge in [0, 0.05) is 5.56 Å². The van der Waals surface area contributed by atoms with Crippen LogP contribution in [0.25, 0.3) is 22.5 Å². The lowest BCUT2D eigenvalue weighted by atomic mass is 10.1. The number of nitrogens with zero attached hydrogens (tertiary/aromatic N) is 2. The maximum absolute atomic E-state index is 8.49. The van der Waals surface area contributed by atoms with E-state index in [1.165, 1.54) is 11.1 Å². The van der Waals surface area contributed by atoms with Crippen molar-refractivity contribution in [1.82, 2.24) is 4.68 Å². The molecule has 0 spiro atoms. The first-order valence-electron chi connectivity index (χ1n) is 9.18. The summed E-state index contributed by atoms with van der Waals surface area (Å²) >= 11 is 0. The first kappa shape index (κ1) is 22.9. The summed E-state index contributed by atoms with van der Waals surface area (Å²) in [6, 6.07) is 20.9. The number of aromatic nitrogens is 2. The third kappa shape index (κ3) is 6.56. The second kappa shape index (κ2) is 10.4. The fourth-order valence-electron chi connectivity index (χ4n) is 2.99. The molecule has 0 aliphatic rings. The number of rotatable bonds is 6. The topological polar surface area (TPSA) is 110 Å². The highest BCUT2D eigenvalue weighted by Crippen LogP contribution is 2.37. The molecule has 0 saturated carbocycles. The van der Waals surface area contributed by atoms with Crippen molar-refractivity contribution in [3.8, 4) is 28.3 Å². The normalized spacial score (nSPS) is 11.0. The average Bonchev–Trinajstić information content (AvgIpc) is 2.92. The van der Waals surface area contributed by atoms with Gasteiger partial charge in [-0.15, -0.1) is 14.9 Å². The molecule has 7 nitrogen and oxygen atoms in total. The van der Waals surface area contributed by atoms with E-state index < -0.39 is 10.2 Å². The maximum atomic E-state index is 8.49. The van der Waals surface area contributed by atoms with Crippen LogP contribution < -0.4 is 28.1 Å². The molecule has 2 aromatic carbocycles. The van der Waals surface area contributed by atoms with Crippen molar-refractivity contribution in [3.63, 3.8) is 0 Å². The molecule has 0 unspecified atom stereocenters. The second-order valence-electron chi connectivity index (χ2n) is 6.39. The van der Waals surface area contributed by atoms with Gasteiger partial charge in [-0.2, -0.15) is 4.68 Å². The van der Waals surface area contributed by atoms with Crippen molar-refractivity contribution in [3.05, 3.63) is 60.7 Å². The van der Waals surface area contributed by atoms with Crippen LogP contribution >= 0.6 is 0 Å². The fraction of sp³-hybridized carbons (Fsp3) is 0.286. The highest BCUT2D eigenvalue weighted by molar-refractivity contribution is 5.76. The Morgan fingerprint density at radius 1 is 0.897 bits per heavy atom. The van der Waals surface area contributed by atoms with Crippen LogP contribution in [0.15, 0.2) is 60.7 Å². The zero-order valence-corrected chi connectivity index (χ0v) is 17.5. The van der Waals surface area contributed by atoms with Crippen molar-refractivity contribution >= 4 is 0 Å². The van der Waals surface area contributed by atoms with Gasteiger partial charge in [-0.05, 0) is 18.6 Å². The Morgan fingerprint density at radius 2 is 1.38 bits per heavy atom. The van der Waals surface area contributed by atoms with Crippen molar-refractivity contribution in [2.45, 2.75) is 19.8 Å². The van der Waals surface area contributed by atoms with Gasteiger partial charge in [0.25, 0.3) is 5.69 Å². The van der Waals surface area contributed by atoms with Gasteiger partial charge in [-0.1, -0.05) is 61.9 Å². The van der Waals surface area contributed by atoms with Crippen LogP contribution in [0.3, 0.4) is 0 Å². The van der Waals surface area contributed by atoms with E-state index in [0.717, 1.165) is 36.6 Å². The molecule has 3 rings (SSSR count). The molecule has 0 amide bonds. The molecule has 0 fully saturated rings. The number of hydrogen-bond donors (Lipinski definition) is 0. The van der Waals surface area contributed by atoms with Crippen LogP contribution in [-0.4, -0.2) is 11.3 Å². The van der Waals surface area contributed by atoms with E-state index >= 15 is 0 Å². The molecule has 3 aromatic rings. The lowest BCUT2D eigenvalue weighted by Gasteiger charge is -2.17. The third-order valence-electron chi connectivity index (χ3n) is 4.37. The van der Waals surface area contributed by atoms with Crippen LogP contribution in [0.1, 0.15) is 19.8 Å². The number of ether oxygens (including phenoxy) is 1. The smallest absolute Gasteiger partial charge is 0.280 e. The largest absolute Gasteiger partial charge is 0.485 e. The Kier molecular flexibility index (Phi) is 8.19. The summed E-state index contributed by atoms with van der Waals surface area (Å²) in [6.45, 7) is 2.92. The first-order valence-corrected chi connectivity index (χ1v) is 10.4. The lowest BCUT2D eigenvalue weighted by molar-refractivity contribution is -2.00. The summed E-state index contributed by atoms with van der Waals surface area (Å²) in [6.07, 6.45) is 2.18. The van der Waals surface area contributed by atoms with Crippen molar-refractivity contribution in [2.24, 2.45) is 14.1 Å². The van der Waals surface area contributed by atoms with E-state index in [4.69, 9.17) is 23.4 Å². The van der Waals surface area contributed by atoms with Gasteiger partial charge >= 0.3 is 0 Å². The molecule has 156 valence electrons. The van der Waals surface area contributed by atoms with E-state index in [0.29, 0.717) is 0 Å². The van der Waals surface area contributed by atoms with Crippen LogP contribution in [0, 0.1) is 10.2 Å². The molecule has 0 radical (unpaired) electrons. The Balaban J connectivity index is 0.000000537. The molecule has 0 bridgehead atoms. The van der Waals surface area contributed by atoms with Gasteiger partial charge in [0.15, 0.2) is 12.7 Å². The molecule has 0 atom stereocenters. The molecule has 0 N–H and O–H groups in total. The minimum Gasteiger partial charge on any atom is -0.485 e. The van der Waals surface area contributed by atoms with Crippen molar-refractivity contribution in [2.75, 3.05) is 6.61 Å². The molecule has 1 heterocycles. The average molecular weight is 421 g/mol. The van der Waals surface area contributed by atoms with Crippen molar-refractivity contribution in [1.29, 1.82) is 0 Å². The van der Waals surface area contributed by atoms with E-state index in [9.17, 15) is 0 Å². The van der Waals surface area contributed by atoms with Crippen LogP contribution in [0.2, 0.25) is 0 Å². The SMILES string of the molecule is CCCCOc1c(-c2ccccc2)n(C)[n+](C)c1-c1ccccc1.[O-][Cl+3]([O-])([O-])[O-]. The quantitative estimate of drug-likeness (QED) is 0.398. The van der Waals surface area contributed by atoms with Gasteiger partial charge in [0.05, 0.1) is 19.2 Å². The summed E-state index contributed by atoms with van der Waals surface area (Å²) in [4.78, 5) is 0. The number of unbranched alkanes of at least 4 members (excludes halogenated alkanes) is 1. The van der Waals surface area contributed by atoms with Crippen LogP contribution in [-0.2, 0) is 14.1 Å². The molecule has 29 heavy (non-hydrogen) atoms. The predicted molar refractivity (Wildman–Crippen MR) is 97.9 cm³/mol. The van der Waals surface area contributed by atoms with Gasteiger partial charge < -0.3 is 4.74 Å². The maximum Gasteiger partial charge on any atom is 0.280 e. The fourth-order valence-corrected chi connectivity index (χ4v) is 2.99. The van der Waals surface area contributed by atoms with Crippen LogP contribution in [0.4, 0.5) is 0 Å². The van der Waals surface area contributed by atoms with Gasteiger partial charge in [0.1, 0.15) is 0 Å². The summed E-state index contributed by atoms with van der Waals surface area (Å²) in [5.41, 5.74) is 4.58. The number of hydrogen-bond acceptors (Lipinski definition) is 5. The third-order valence-corrected chi connectivity index (χ3v) is 4.37. The minimum absolute atomic E-state index is 0.736. The second-order valence-corrected chi connectivity index (χ2v) is 7.14. The van der Waals surface area contributed by atoms with Crippen molar-refractivity contribution < 1.29 is 38.3 Å². The van der Waals surface area contributed by atoms with Gasteiger partial charge in [-0.25, -0.2) is 18.6 Å². The molecular formula is C21H25ClN2O5. The molecule has 0 aliphatic heterocycles. The highest BCUT2D eigenvalue weighted by atomic mass is 35.7. The number of halogens is 1. The zero-order chi connectivity index (χ0) is 21.4.